The van der Waals surface area contributed by atoms with Crippen molar-refractivity contribution in [3.63, 3.8) is 0 Å². The molecule has 206 valence electrons. The zero-order chi connectivity index (χ0) is 28.3. The number of aryl methyl sites for hydroxylation is 2. The molecule has 1 fully saturated rings. The summed E-state index contributed by atoms with van der Waals surface area (Å²) in [4.78, 5) is 14.0. The Morgan fingerprint density at radius 3 is 2.16 bits per heavy atom. The number of rotatable bonds is 5. The molecule has 4 rings (SSSR count). The number of hydrogen-bond donors (Lipinski definition) is 2. The van der Waals surface area contributed by atoms with Crippen molar-refractivity contribution in [2.45, 2.75) is 57.3 Å². The van der Waals surface area contributed by atoms with Gasteiger partial charge in [-0.1, -0.05) is 42.0 Å². The number of hydrogen-bond acceptors (Lipinski definition) is 3. The van der Waals surface area contributed by atoms with E-state index < -0.39 is 29.5 Å². The number of nitrogens with zero attached hydrogens (tertiary/aromatic N) is 1. The molecule has 38 heavy (non-hydrogen) atoms. The molecule has 3 aromatic rings. The van der Waals surface area contributed by atoms with E-state index in [9.17, 15) is 31.1 Å². The molecule has 4 nitrogen and oxygen atoms in total. The van der Waals surface area contributed by atoms with Gasteiger partial charge in [0.05, 0.1) is 17.3 Å². The van der Waals surface area contributed by atoms with E-state index in [1.165, 1.54) is 5.56 Å². The Bertz CT molecular complexity index is 1140. The van der Waals surface area contributed by atoms with E-state index >= 15 is 0 Å². The molecule has 1 aromatic heterocycles. The lowest BCUT2D eigenvalue weighted by molar-refractivity contribution is -0.137. The Hall–Kier alpha value is -3.40. The largest absolute Gasteiger partial charge is 0.416 e. The molecule has 10 heteroatoms. The zero-order valence-corrected chi connectivity index (χ0v) is 21.3. The van der Waals surface area contributed by atoms with Crippen LogP contribution in [0.2, 0.25) is 0 Å². The Morgan fingerprint density at radius 1 is 1.03 bits per heavy atom. The normalized spacial score (nSPS) is 16.8. The van der Waals surface area contributed by atoms with Gasteiger partial charge < -0.3 is 10.6 Å². The molecular formula is C28H31F6N3O. The highest BCUT2D eigenvalue weighted by molar-refractivity contribution is 5.46. The SMILES string of the molecule is CN[C@@H](c1cc(F)cc(C(F)(F)F)c1)c1ccc(C)cn1.Cc1ccccc1.O=CNC1CCC(F)(F)C1. The maximum Gasteiger partial charge on any atom is 0.416 e. The molecule has 1 saturated carbocycles. The van der Waals surface area contributed by atoms with Gasteiger partial charge in [0.2, 0.25) is 12.3 Å². The fourth-order valence-electron chi connectivity index (χ4n) is 3.80. The van der Waals surface area contributed by atoms with Gasteiger partial charge in [0, 0.05) is 25.1 Å². The third kappa shape index (κ3) is 10.2. The number of halogens is 6. The van der Waals surface area contributed by atoms with Crippen molar-refractivity contribution in [1.29, 1.82) is 0 Å². The molecule has 0 spiro atoms. The predicted octanol–water partition coefficient (Wildman–Crippen LogP) is 6.77. The molecule has 1 unspecified atom stereocenters. The number of carbonyl (C=O) groups is 1. The molecule has 1 heterocycles. The number of nitrogens with one attached hydrogen (secondary N) is 2. The van der Waals surface area contributed by atoms with Crippen LogP contribution in [0.4, 0.5) is 26.3 Å². The summed E-state index contributed by atoms with van der Waals surface area (Å²) in [6.07, 6.45) is -2.40. The first-order valence-corrected chi connectivity index (χ1v) is 11.9. The van der Waals surface area contributed by atoms with Crippen molar-refractivity contribution in [3.8, 4) is 0 Å². The Kier molecular flexibility index (Phi) is 11.3. The number of pyridine rings is 1. The number of amides is 1. The molecule has 0 radical (unpaired) electrons. The van der Waals surface area contributed by atoms with Crippen molar-refractivity contribution in [1.82, 2.24) is 15.6 Å². The summed E-state index contributed by atoms with van der Waals surface area (Å²) in [6.45, 7) is 3.94. The van der Waals surface area contributed by atoms with Gasteiger partial charge in [-0.3, -0.25) is 9.78 Å². The third-order valence-corrected chi connectivity index (χ3v) is 5.75. The molecule has 0 aliphatic heterocycles. The number of aromatic nitrogens is 1. The Morgan fingerprint density at radius 2 is 1.71 bits per heavy atom. The number of benzene rings is 2. The van der Waals surface area contributed by atoms with E-state index in [1.807, 2.05) is 25.1 Å². The summed E-state index contributed by atoms with van der Waals surface area (Å²) in [6, 6.07) is 15.3. The zero-order valence-electron chi connectivity index (χ0n) is 21.3. The van der Waals surface area contributed by atoms with Crippen LogP contribution in [0, 0.1) is 19.7 Å². The maximum absolute atomic E-state index is 13.5. The van der Waals surface area contributed by atoms with Crippen LogP contribution in [0.25, 0.3) is 0 Å². The fraction of sp³-hybridized carbons (Fsp3) is 0.357. The monoisotopic (exact) mass is 539 g/mol. The van der Waals surface area contributed by atoms with Gasteiger partial charge in [-0.25, -0.2) is 13.2 Å². The second-order valence-corrected chi connectivity index (χ2v) is 8.99. The molecule has 1 aliphatic carbocycles. The highest BCUT2D eigenvalue weighted by atomic mass is 19.4. The van der Waals surface area contributed by atoms with Crippen LogP contribution < -0.4 is 10.6 Å². The first-order valence-electron chi connectivity index (χ1n) is 11.9. The lowest BCUT2D eigenvalue weighted by atomic mass is 10.00. The van der Waals surface area contributed by atoms with E-state index in [0.29, 0.717) is 24.6 Å². The maximum atomic E-state index is 13.5. The average Bonchev–Trinajstić information content (AvgIpc) is 3.20. The topological polar surface area (TPSA) is 54.0 Å². The fourth-order valence-corrected chi connectivity index (χ4v) is 3.80. The standard InChI is InChI=1S/C15H14F4N2.C7H8.C6H9F2NO/c1-9-3-4-13(21-8-9)14(20-2)10-5-11(15(17,18)19)7-12(16)6-10;1-7-5-3-2-4-6-7;7-6(8)2-1-5(3-6)9-4-10/h3-8,14,20H,1-2H3;2-6H,1H3;4-5H,1-3H2,(H,9,10)/t14-;;/m0../s1. The van der Waals surface area contributed by atoms with Gasteiger partial charge in [0.1, 0.15) is 5.82 Å². The Labute approximate surface area is 218 Å². The molecule has 2 atom stereocenters. The van der Waals surface area contributed by atoms with Crippen LogP contribution in [0.5, 0.6) is 0 Å². The quantitative estimate of drug-likeness (QED) is 0.278. The van der Waals surface area contributed by atoms with Crippen molar-refractivity contribution in [2.24, 2.45) is 0 Å². The van der Waals surface area contributed by atoms with Crippen LogP contribution in [0.15, 0.2) is 66.9 Å². The number of alkyl halides is 5. The van der Waals surface area contributed by atoms with E-state index in [2.05, 4.69) is 34.7 Å². The minimum Gasteiger partial charge on any atom is -0.356 e. The molecule has 0 saturated heterocycles. The van der Waals surface area contributed by atoms with Gasteiger partial charge in [0.15, 0.2) is 0 Å². The van der Waals surface area contributed by atoms with Gasteiger partial charge >= 0.3 is 6.18 Å². The number of carbonyl (C=O) groups excluding carboxylic acids is 1. The summed E-state index contributed by atoms with van der Waals surface area (Å²) in [5, 5.41) is 5.20. The van der Waals surface area contributed by atoms with Crippen molar-refractivity contribution >= 4 is 6.41 Å². The van der Waals surface area contributed by atoms with Crippen molar-refractivity contribution in [3.05, 3.63) is 101 Å². The summed E-state index contributed by atoms with van der Waals surface area (Å²) in [5.74, 6) is -3.48. The van der Waals surface area contributed by atoms with Gasteiger partial charge in [0.25, 0.3) is 0 Å². The van der Waals surface area contributed by atoms with Crippen LogP contribution in [0.3, 0.4) is 0 Å². The first-order chi connectivity index (χ1) is 17.8. The molecule has 0 bridgehead atoms. The summed E-state index contributed by atoms with van der Waals surface area (Å²) < 4.78 is 76.5. The lowest BCUT2D eigenvalue weighted by Crippen LogP contribution is -2.26. The summed E-state index contributed by atoms with van der Waals surface area (Å²) in [7, 11) is 1.59. The van der Waals surface area contributed by atoms with Crippen molar-refractivity contribution < 1.29 is 31.1 Å². The average molecular weight is 540 g/mol. The summed E-state index contributed by atoms with van der Waals surface area (Å²) >= 11 is 0. The summed E-state index contributed by atoms with van der Waals surface area (Å²) in [5.41, 5.74) is 1.96. The first kappa shape index (κ1) is 30.8. The lowest BCUT2D eigenvalue weighted by Gasteiger charge is -2.18. The van der Waals surface area contributed by atoms with Gasteiger partial charge in [-0.05, 0) is 62.7 Å². The van der Waals surface area contributed by atoms with Gasteiger partial charge in [-0.15, -0.1) is 0 Å². The molecular weight excluding hydrogens is 508 g/mol. The van der Waals surface area contributed by atoms with E-state index in [4.69, 9.17) is 0 Å². The van der Waals surface area contributed by atoms with Crippen LogP contribution >= 0.6 is 0 Å². The van der Waals surface area contributed by atoms with Crippen molar-refractivity contribution in [2.75, 3.05) is 7.05 Å². The van der Waals surface area contributed by atoms with E-state index in [1.54, 1.807) is 25.4 Å². The molecule has 2 N–H and O–H groups in total. The second kappa shape index (κ2) is 13.9. The third-order valence-electron chi connectivity index (χ3n) is 5.75. The minimum atomic E-state index is -4.59. The minimum absolute atomic E-state index is 0.0987. The predicted molar refractivity (Wildman–Crippen MR) is 134 cm³/mol. The van der Waals surface area contributed by atoms with Crippen LogP contribution in [-0.4, -0.2) is 30.4 Å². The van der Waals surface area contributed by atoms with Crippen LogP contribution in [0.1, 0.15) is 53.3 Å². The molecule has 1 amide bonds. The molecule has 1 aliphatic rings. The van der Waals surface area contributed by atoms with Gasteiger partial charge in [-0.2, -0.15) is 13.2 Å². The highest BCUT2D eigenvalue weighted by Crippen LogP contribution is 2.34. The molecule has 2 aromatic carbocycles. The van der Waals surface area contributed by atoms with Crippen LogP contribution in [-0.2, 0) is 11.0 Å². The van der Waals surface area contributed by atoms with E-state index in [0.717, 1.165) is 17.7 Å². The highest BCUT2D eigenvalue weighted by Gasteiger charge is 2.39. The van der Waals surface area contributed by atoms with E-state index in [-0.39, 0.29) is 24.4 Å². The smallest absolute Gasteiger partial charge is 0.356 e. The second-order valence-electron chi connectivity index (χ2n) is 8.99. The Balaban J connectivity index is 0.000000244.